The number of nitrogens with one attached hydrogen (secondary N) is 1. The monoisotopic (exact) mass is 320 g/mol. The van der Waals surface area contributed by atoms with Crippen molar-refractivity contribution in [3.05, 3.63) is 39.9 Å². The maximum Gasteiger partial charge on any atom is 0.313 e. The quantitative estimate of drug-likeness (QED) is 0.265. The summed E-state index contributed by atoms with van der Waals surface area (Å²) < 4.78 is 4.96. The molecule has 2 atom stereocenters. The molecule has 23 heavy (non-hydrogen) atoms. The smallest absolute Gasteiger partial charge is 0.313 e. The highest BCUT2D eigenvalue weighted by atomic mass is 16.6. The molecule has 0 aliphatic carbocycles. The number of nitro groups is 1. The minimum Gasteiger partial charge on any atom is -0.460 e. The fourth-order valence-corrected chi connectivity index (χ4v) is 2.16. The summed E-state index contributed by atoms with van der Waals surface area (Å²) in [5.74, 6) is -1.26. The van der Waals surface area contributed by atoms with Gasteiger partial charge in [-0.3, -0.25) is 24.5 Å². The summed E-state index contributed by atoms with van der Waals surface area (Å²) in [6.45, 7) is 1.67. The van der Waals surface area contributed by atoms with E-state index in [1.165, 1.54) is 24.3 Å². The SMILES string of the molecule is CC1C(=O)NC1CC(=O)CC(=O)OCc1ccc([N+](=O)[O-])cc1. The lowest BCUT2D eigenvalue weighted by Gasteiger charge is -2.33. The first-order valence-electron chi connectivity index (χ1n) is 7.08. The lowest BCUT2D eigenvalue weighted by Crippen LogP contribution is -2.57. The van der Waals surface area contributed by atoms with Gasteiger partial charge in [-0.25, -0.2) is 0 Å². The molecule has 8 heteroatoms. The molecule has 2 rings (SSSR count). The maximum absolute atomic E-state index is 11.7. The van der Waals surface area contributed by atoms with Gasteiger partial charge in [0.1, 0.15) is 18.8 Å². The topological polar surface area (TPSA) is 116 Å². The molecule has 0 spiro atoms. The molecule has 1 fully saturated rings. The van der Waals surface area contributed by atoms with E-state index in [1.807, 2.05) is 0 Å². The number of non-ortho nitro benzene ring substituents is 1. The number of benzene rings is 1. The van der Waals surface area contributed by atoms with E-state index < -0.39 is 10.9 Å². The van der Waals surface area contributed by atoms with Crippen molar-refractivity contribution in [3.63, 3.8) is 0 Å². The predicted molar refractivity (Wildman–Crippen MR) is 78.2 cm³/mol. The highest BCUT2D eigenvalue weighted by molar-refractivity contribution is 5.97. The van der Waals surface area contributed by atoms with Crippen LogP contribution in [0.1, 0.15) is 25.3 Å². The van der Waals surface area contributed by atoms with Crippen LogP contribution in [0.15, 0.2) is 24.3 Å². The molecular formula is C15H16N2O6. The molecule has 8 nitrogen and oxygen atoms in total. The van der Waals surface area contributed by atoms with Gasteiger partial charge in [0.05, 0.1) is 10.8 Å². The fraction of sp³-hybridized carbons (Fsp3) is 0.400. The van der Waals surface area contributed by atoms with Crippen LogP contribution in [-0.2, 0) is 25.7 Å². The summed E-state index contributed by atoms with van der Waals surface area (Å²) in [5, 5.41) is 13.1. The third kappa shape index (κ3) is 4.35. The van der Waals surface area contributed by atoms with Crippen LogP contribution < -0.4 is 5.32 Å². The van der Waals surface area contributed by atoms with Gasteiger partial charge in [0.2, 0.25) is 5.91 Å². The van der Waals surface area contributed by atoms with Crippen molar-refractivity contribution in [2.24, 2.45) is 5.92 Å². The zero-order chi connectivity index (χ0) is 17.0. The molecule has 1 aromatic rings. The Labute approximate surface area is 132 Å². The van der Waals surface area contributed by atoms with Crippen LogP contribution in [0.3, 0.4) is 0 Å². The van der Waals surface area contributed by atoms with Gasteiger partial charge in [-0.05, 0) is 17.7 Å². The van der Waals surface area contributed by atoms with Crippen LogP contribution in [0.4, 0.5) is 5.69 Å². The number of ketones is 1. The van der Waals surface area contributed by atoms with E-state index in [9.17, 15) is 24.5 Å². The van der Waals surface area contributed by atoms with Gasteiger partial charge < -0.3 is 10.1 Å². The zero-order valence-electron chi connectivity index (χ0n) is 12.5. The van der Waals surface area contributed by atoms with Gasteiger partial charge in [0, 0.05) is 24.6 Å². The second-order valence-corrected chi connectivity index (χ2v) is 5.41. The number of β-lactam (4-membered cyclic amide) rings is 1. The average Bonchev–Trinajstić information content (AvgIpc) is 2.52. The van der Waals surface area contributed by atoms with E-state index in [-0.39, 0.29) is 48.8 Å². The van der Waals surface area contributed by atoms with Gasteiger partial charge in [0.25, 0.3) is 5.69 Å². The number of hydrogen-bond acceptors (Lipinski definition) is 6. The Morgan fingerprint density at radius 3 is 2.48 bits per heavy atom. The van der Waals surface area contributed by atoms with E-state index >= 15 is 0 Å². The molecule has 1 amide bonds. The Hall–Kier alpha value is -2.77. The van der Waals surface area contributed by atoms with Crippen molar-refractivity contribution in [2.75, 3.05) is 0 Å². The number of amides is 1. The lowest BCUT2D eigenvalue weighted by atomic mass is 9.88. The molecule has 1 saturated heterocycles. The van der Waals surface area contributed by atoms with Crippen molar-refractivity contribution in [2.45, 2.75) is 32.4 Å². The molecule has 1 N–H and O–H groups in total. The van der Waals surface area contributed by atoms with E-state index in [0.717, 1.165) is 0 Å². The predicted octanol–water partition coefficient (Wildman–Crippen LogP) is 1.12. The van der Waals surface area contributed by atoms with Gasteiger partial charge in [-0.1, -0.05) is 6.92 Å². The summed E-state index contributed by atoms with van der Waals surface area (Å²) in [4.78, 5) is 44.3. The van der Waals surface area contributed by atoms with E-state index in [1.54, 1.807) is 6.92 Å². The number of carbonyl (C=O) groups is 3. The number of rotatable bonds is 7. The summed E-state index contributed by atoms with van der Waals surface area (Å²) in [5.41, 5.74) is 0.545. The van der Waals surface area contributed by atoms with Crippen LogP contribution in [0.2, 0.25) is 0 Å². The Bertz CT molecular complexity index is 640. The third-order valence-electron chi connectivity index (χ3n) is 3.68. The Morgan fingerprint density at radius 1 is 1.30 bits per heavy atom. The van der Waals surface area contributed by atoms with Crippen molar-refractivity contribution < 1.29 is 24.0 Å². The van der Waals surface area contributed by atoms with Gasteiger partial charge in [-0.2, -0.15) is 0 Å². The Kier molecular flexibility index (Phi) is 5.05. The summed E-state index contributed by atoms with van der Waals surface area (Å²) >= 11 is 0. The van der Waals surface area contributed by atoms with Crippen molar-refractivity contribution in [1.29, 1.82) is 0 Å². The largest absolute Gasteiger partial charge is 0.460 e. The second kappa shape index (κ2) is 6.99. The molecule has 1 heterocycles. The van der Waals surface area contributed by atoms with E-state index in [0.29, 0.717) is 5.56 Å². The van der Waals surface area contributed by atoms with Crippen molar-refractivity contribution in [3.8, 4) is 0 Å². The molecule has 1 aromatic carbocycles. The fourth-order valence-electron chi connectivity index (χ4n) is 2.16. The molecule has 1 aliphatic heterocycles. The summed E-state index contributed by atoms with van der Waals surface area (Å²) in [7, 11) is 0. The molecule has 0 bridgehead atoms. The maximum atomic E-state index is 11.7. The number of nitrogens with zero attached hydrogens (tertiary/aromatic N) is 1. The first kappa shape index (κ1) is 16.6. The molecule has 1 aliphatic rings. The van der Waals surface area contributed by atoms with E-state index in [4.69, 9.17) is 4.74 Å². The summed E-state index contributed by atoms with van der Waals surface area (Å²) in [6, 6.07) is 5.39. The Balaban J connectivity index is 1.73. The second-order valence-electron chi connectivity index (χ2n) is 5.41. The van der Waals surface area contributed by atoms with Crippen molar-refractivity contribution in [1.82, 2.24) is 5.32 Å². The van der Waals surface area contributed by atoms with Crippen molar-refractivity contribution >= 4 is 23.3 Å². The normalized spacial score (nSPS) is 19.4. The first-order valence-corrected chi connectivity index (χ1v) is 7.08. The number of nitro benzene ring substituents is 1. The van der Waals surface area contributed by atoms with Gasteiger partial charge in [0.15, 0.2) is 0 Å². The van der Waals surface area contributed by atoms with E-state index in [2.05, 4.69) is 5.32 Å². The first-order chi connectivity index (χ1) is 10.9. The van der Waals surface area contributed by atoms with Crippen LogP contribution in [0, 0.1) is 16.0 Å². The van der Waals surface area contributed by atoms with Crippen LogP contribution in [-0.4, -0.2) is 28.6 Å². The van der Waals surface area contributed by atoms with Gasteiger partial charge >= 0.3 is 5.97 Å². The zero-order valence-corrected chi connectivity index (χ0v) is 12.5. The number of esters is 1. The average molecular weight is 320 g/mol. The van der Waals surface area contributed by atoms with Crippen LogP contribution >= 0.6 is 0 Å². The van der Waals surface area contributed by atoms with Crippen LogP contribution in [0.5, 0.6) is 0 Å². The molecule has 2 unspecified atom stereocenters. The number of Topliss-reactive ketones (excluding diaryl/α,β-unsaturated/α-hetero) is 1. The molecule has 0 saturated carbocycles. The standard InChI is InChI=1S/C15H16N2O6/c1-9-13(16-15(9)20)6-12(18)7-14(19)23-8-10-2-4-11(5-3-10)17(21)22/h2-5,9,13H,6-8H2,1H3,(H,16,20). The minimum atomic E-state index is -0.661. The molecule has 0 radical (unpaired) electrons. The van der Waals surface area contributed by atoms with Gasteiger partial charge in [-0.15, -0.1) is 0 Å². The molecular weight excluding hydrogens is 304 g/mol. The number of hydrogen-bond donors (Lipinski definition) is 1. The highest BCUT2D eigenvalue weighted by Gasteiger charge is 2.36. The lowest BCUT2D eigenvalue weighted by molar-refractivity contribution is -0.384. The molecule has 122 valence electrons. The molecule has 0 aromatic heterocycles. The number of ether oxygens (including phenoxy) is 1. The summed E-state index contributed by atoms with van der Waals surface area (Å²) in [6.07, 6.45) is -0.244. The minimum absolute atomic E-state index is 0.0491. The van der Waals surface area contributed by atoms with Crippen LogP contribution in [0.25, 0.3) is 0 Å². The Morgan fingerprint density at radius 2 is 1.96 bits per heavy atom. The number of carbonyl (C=O) groups excluding carboxylic acids is 3. The third-order valence-corrected chi connectivity index (χ3v) is 3.68. The highest BCUT2D eigenvalue weighted by Crippen LogP contribution is 2.18.